The molecule has 2 aliphatic heterocycles. The normalized spacial score (nSPS) is 27.9. The summed E-state index contributed by atoms with van der Waals surface area (Å²) < 4.78 is 5.62. The van der Waals surface area contributed by atoms with Gasteiger partial charge in [-0.05, 0) is 31.1 Å². The fourth-order valence-electron chi connectivity index (χ4n) is 3.11. The van der Waals surface area contributed by atoms with Crippen LogP contribution in [0.1, 0.15) is 39.5 Å². The predicted molar refractivity (Wildman–Crippen MR) is 83.2 cm³/mol. The van der Waals surface area contributed by atoms with Gasteiger partial charge in [0.1, 0.15) is 0 Å². The molecule has 0 aromatic carbocycles. The molecule has 1 amide bonds. The summed E-state index contributed by atoms with van der Waals surface area (Å²) in [5, 5.41) is 3.28. The molecule has 4 nitrogen and oxygen atoms in total. The van der Waals surface area contributed by atoms with Crippen LogP contribution in [0, 0.1) is 11.8 Å². The summed E-state index contributed by atoms with van der Waals surface area (Å²) in [5.74, 6) is 1.80. The Bertz CT molecular complexity index is 294. The highest BCUT2D eigenvalue weighted by Gasteiger charge is 2.25. The topological polar surface area (TPSA) is 41.6 Å². The number of nitrogens with zero attached hydrogens (tertiary/aromatic N) is 1. The predicted octanol–water partition coefficient (Wildman–Crippen LogP) is 2.07. The first-order chi connectivity index (χ1) is 9.16. The quantitative estimate of drug-likeness (QED) is 0.868. The zero-order valence-corrected chi connectivity index (χ0v) is 13.6. The third-order valence-electron chi connectivity index (χ3n) is 4.47. The first-order valence-corrected chi connectivity index (χ1v) is 7.77. The van der Waals surface area contributed by atoms with Crippen LogP contribution in [0.5, 0.6) is 0 Å². The van der Waals surface area contributed by atoms with Crippen molar-refractivity contribution in [2.75, 3.05) is 32.8 Å². The molecule has 0 aromatic heterocycles. The van der Waals surface area contributed by atoms with Crippen LogP contribution in [0.4, 0.5) is 0 Å². The molecule has 0 saturated carbocycles. The smallest absolute Gasteiger partial charge is 0.225 e. The average molecular weight is 305 g/mol. The molecule has 0 aromatic rings. The molecule has 0 spiro atoms. The Balaban J connectivity index is 0.00000200. The molecule has 2 rings (SSSR count). The van der Waals surface area contributed by atoms with Crippen LogP contribution >= 0.6 is 12.4 Å². The lowest BCUT2D eigenvalue weighted by molar-refractivity contribution is -0.134. The number of morpholine rings is 1. The van der Waals surface area contributed by atoms with Gasteiger partial charge in [0, 0.05) is 26.2 Å². The van der Waals surface area contributed by atoms with Crippen molar-refractivity contribution >= 4 is 18.3 Å². The molecule has 0 aliphatic carbocycles. The molecule has 1 N–H and O–H groups in total. The highest BCUT2D eigenvalue weighted by Crippen LogP contribution is 2.25. The van der Waals surface area contributed by atoms with E-state index in [2.05, 4.69) is 24.1 Å². The van der Waals surface area contributed by atoms with Crippen molar-refractivity contribution in [2.24, 2.45) is 11.8 Å². The number of carbonyl (C=O) groups is 1. The number of likely N-dealkylation sites (tertiary alicyclic amines) is 1. The van der Waals surface area contributed by atoms with Crippen molar-refractivity contribution in [3.63, 3.8) is 0 Å². The fraction of sp³-hybridized carbons (Fsp3) is 0.933. The number of halogens is 1. The van der Waals surface area contributed by atoms with Gasteiger partial charge >= 0.3 is 0 Å². The van der Waals surface area contributed by atoms with Crippen LogP contribution in [0.2, 0.25) is 0 Å². The van der Waals surface area contributed by atoms with Crippen LogP contribution in [-0.4, -0.2) is 49.7 Å². The van der Waals surface area contributed by atoms with Crippen LogP contribution in [-0.2, 0) is 9.53 Å². The minimum absolute atomic E-state index is 0. The first kappa shape index (κ1) is 17.7. The zero-order chi connectivity index (χ0) is 13.7. The van der Waals surface area contributed by atoms with Crippen molar-refractivity contribution in [3.8, 4) is 0 Å². The molecule has 2 saturated heterocycles. The van der Waals surface area contributed by atoms with Crippen LogP contribution < -0.4 is 5.32 Å². The Morgan fingerprint density at radius 3 is 2.80 bits per heavy atom. The number of hydrogen-bond acceptors (Lipinski definition) is 3. The molecular formula is C15H29ClN2O2. The van der Waals surface area contributed by atoms with E-state index in [4.69, 9.17) is 4.74 Å². The molecule has 2 aliphatic rings. The van der Waals surface area contributed by atoms with Crippen molar-refractivity contribution in [3.05, 3.63) is 0 Å². The Labute approximate surface area is 129 Å². The van der Waals surface area contributed by atoms with E-state index in [1.807, 2.05) is 0 Å². The SMILES string of the molecule is CC(C)C1CCCN(C(=O)CC2CNCCO2)CC1.Cl. The van der Waals surface area contributed by atoms with E-state index in [0.717, 1.165) is 57.5 Å². The second-order valence-electron chi connectivity index (χ2n) is 6.22. The minimum Gasteiger partial charge on any atom is -0.375 e. The first-order valence-electron chi connectivity index (χ1n) is 7.77. The van der Waals surface area contributed by atoms with Crippen molar-refractivity contribution in [1.82, 2.24) is 10.2 Å². The molecule has 20 heavy (non-hydrogen) atoms. The van der Waals surface area contributed by atoms with Crippen LogP contribution in [0.15, 0.2) is 0 Å². The fourth-order valence-corrected chi connectivity index (χ4v) is 3.11. The van der Waals surface area contributed by atoms with E-state index in [1.165, 1.54) is 6.42 Å². The third-order valence-corrected chi connectivity index (χ3v) is 4.47. The standard InChI is InChI=1S/C15H28N2O2.ClH/c1-12(2)13-4-3-7-17(8-5-13)15(18)10-14-11-16-6-9-19-14;/h12-14,16H,3-11H2,1-2H3;1H. The largest absolute Gasteiger partial charge is 0.375 e. The van der Waals surface area contributed by atoms with E-state index in [9.17, 15) is 4.79 Å². The number of hydrogen-bond donors (Lipinski definition) is 1. The third kappa shape index (κ3) is 5.23. The maximum Gasteiger partial charge on any atom is 0.225 e. The summed E-state index contributed by atoms with van der Waals surface area (Å²) in [4.78, 5) is 14.4. The highest BCUT2D eigenvalue weighted by molar-refractivity contribution is 5.85. The number of carbonyl (C=O) groups excluding carboxylic acids is 1. The highest BCUT2D eigenvalue weighted by atomic mass is 35.5. The second-order valence-corrected chi connectivity index (χ2v) is 6.22. The van der Waals surface area contributed by atoms with Crippen molar-refractivity contribution in [1.29, 1.82) is 0 Å². The monoisotopic (exact) mass is 304 g/mol. The Kier molecular flexibility index (Phi) is 7.85. The van der Waals surface area contributed by atoms with Gasteiger partial charge in [-0.25, -0.2) is 0 Å². The molecule has 118 valence electrons. The average Bonchev–Trinajstić information content (AvgIpc) is 2.65. The minimum atomic E-state index is 0. The van der Waals surface area contributed by atoms with E-state index in [-0.39, 0.29) is 24.4 Å². The van der Waals surface area contributed by atoms with Crippen LogP contribution in [0.3, 0.4) is 0 Å². The summed E-state index contributed by atoms with van der Waals surface area (Å²) in [5.41, 5.74) is 0. The van der Waals surface area contributed by atoms with E-state index in [0.29, 0.717) is 6.42 Å². The van der Waals surface area contributed by atoms with Gasteiger partial charge < -0.3 is 15.0 Å². The number of ether oxygens (including phenoxy) is 1. The van der Waals surface area contributed by atoms with Gasteiger partial charge in [-0.1, -0.05) is 13.8 Å². The summed E-state index contributed by atoms with van der Waals surface area (Å²) in [6.07, 6.45) is 4.19. The molecule has 2 atom stereocenters. The van der Waals surface area contributed by atoms with Crippen molar-refractivity contribution < 1.29 is 9.53 Å². The van der Waals surface area contributed by atoms with Crippen LogP contribution in [0.25, 0.3) is 0 Å². The summed E-state index contributed by atoms with van der Waals surface area (Å²) >= 11 is 0. The zero-order valence-electron chi connectivity index (χ0n) is 12.8. The lowest BCUT2D eigenvalue weighted by Crippen LogP contribution is -2.42. The lowest BCUT2D eigenvalue weighted by atomic mass is 9.89. The van der Waals surface area contributed by atoms with Gasteiger partial charge in [0.25, 0.3) is 0 Å². The Hall–Kier alpha value is -0.320. The van der Waals surface area contributed by atoms with Gasteiger partial charge in [0.05, 0.1) is 19.1 Å². The number of rotatable bonds is 3. The summed E-state index contributed by atoms with van der Waals surface area (Å²) in [6.45, 7) is 8.91. The summed E-state index contributed by atoms with van der Waals surface area (Å²) in [6, 6.07) is 0. The number of nitrogens with one attached hydrogen (secondary N) is 1. The van der Waals surface area contributed by atoms with Gasteiger partial charge in [0.2, 0.25) is 5.91 Å². The molecule has 2 unspecified atom stereocenters. The second kappa shape index (κ2) is 8.85. The molecule has 5 heteroatoms. The maximum atomic E-state index is 12.3. The molecule has 2 fully saturated rings. The Morgan fingerprint density at radius 1 is 1.35 bits per heavy atom. The Morgan fingerprint density at radius 2 is 2.15 bits per heavy atom. The van der Waals surface area contributed by atoms with Gasteiger partial charge in [-0.2, -0.15) is 0 Å². The molecular weight excluding hydrogens is 276 g/mol. The summed E-state index contributed by atoms with van der Waals surface area (Å²) in [7, 11) is 0. The maximum absolute atomic E-state index is 12.3. The number of amides is 1. The van der Waals surface area contributed by atoms with Crippen molar-refractivity contribution in [2.45, 2.75) is 45.6 Å². The van der Waals surface area contributed by atoms with Gasteiger partial charge in [-0.3, -0.25) is 4.79 Å². The molecule has 0 radical (unpaired) electrons. The van der Waals surface area contributed by atoms with E-state index < -0.39 is 0 Å². The molecule has 2 heterocycles. The van der Waals surface area contributed by atoms with Gasteiger partial charge in [0.15, 0.2) is 0 Å². The van der Waals surface area contributed by atoms with E-state index in [1.54, 1.807) is 0 Å². The van der Waals surface area contributed by atoms with Gasteiger partial charge in [-0.15, -0.1) is 12.4 Å². The molecule has 0 bridgehead atoms. The van der Waals surface area contributed by atoms with E-state index >= 15 is 0 Å². The lowest BCUT2D eigenvalue weighted by Gasteiger charge is -2.27.